The highest BCUT2D eigenvalue weighted by molar-refractivity contribution is 6.31. The minimum absolute atomic E-state index is 0.0000211. The molecule has 2 atom stereocenters. The van der Waals surface area contributed by atoms with Gasteiger partial charge in [0.25, 0.3) is 0 Å². The Morgan fingerprint density at radius 1 is 1.33 bits per heavy atom. The van der Waals surface area contributed by atoms with Crippen LogP contribution in [0.1, 0.15) is 38.4 Å². The van der Waals surface area contributed by atoms with Gasteiger partial charge < -0.3 is 14.6 Å². The maximum atomic E-state index is 9.05. The summed E-state index contributed by atoms with van der Waals surface area (Å²) in [5.74, 6) is -0.651. The second-order valence-electron chi connectivity index (χ2n) is 5.02. The number of ether oxygens (including phenoxy) is 2. The van der Waals surface area contributed by atoms with Crippen molar-refractivity contribution in [2.45, 2.75) is 44.7 Å². The molecule has 1 fully saturated rings. The molecule has 0 aromatic heterocycles. The van der Waals surface area contributed by atoms with Gasteiger partial charge in [-0.25, -0.2) is 0 Å². The van der Waals surface area contributed by atoms with Crippen LogP contribution in [-0.4, -0.2) is 23.6 Å². The van der Waals surface area contributed by atoms with Crippen LogP contribution in [-0.2, 0) is 9.47 Å². The standard InChI is InChI=1S/C14H19ClO3/c1-14(2)17-10(7-8-16)9-13(18-14)11-5-3-4-6-12(11)15/h3-6,10,13,16H,7-9H2,1-2H3/t10-,13-/m0/s1. The van der Waals surface area contributed by atoms with Crippen molar-refractivity contribution in [3.63, 3.8) is 0 Å². The van der Waals surface area contributed by atoms with E-state index >= 15 is 0 Å². The number of rotatable bonds is 3. The fraction of sp³-hybridized carbons (Fsp3) is 0.571. The molecule has 18 heavy (non-hydrogen) atoms. The topological polar surface area (TPSA) is 38.7 Å². The molecule has 0 amide bonds. The minimum atomic E-state index is -0.651. The average Bonchev–Trinajstić information content (AvgIpc) is 2.27. The molecule has 1 aliphatic heterocycles. The van der Waals surface area contributed by atoms with E-state index < -0.39 is 5.79 Å². The van der Waals surface area contributed by atoms with Crippen LogP contribution in [0.5, 0.6) is 0 Å². The Hall–Kier alpha value is -0.610. The number of benzene rings is 1. The van der Waals surface area contributed by atoms with E-state index in [1.807, 2.05) is 38.1 Å². The SMILES string of the molecule is CC1(C)O[C@@H](CCO)C[C@@H](c2ccccc2Cl)O1. The summed E-state index contributed by atoms with van der Waals surface area (Å²) in [4.78, 5) is 0. The van der Waals surface area contributed by atoms with E-state index in [1.54, 1.807) is 0 Å². The Bertz CT molecular complexity index is 406. The molecule has 1 saturated heterocycles. The molecule has 0 spiro atoms. The first kappa shape index (κ1) is 13.8. The Morgan fingerprint density at radius 3 is 2.72 bits per heavy atom. The summed E-state index contributed by atoms with van der Waals surface area (Å²) >= 11 is 6.21. The van der Waals surface area contributed by atoms with Crippen molar-refractivity contribution in [2.75, 3.05) is 6.61 Å². The van der Waals surface area contributed by atoms with Gasteiger partial charge >= 0.3 is 0 Å². The lowest BCUT2D eigenvalue weighted by molar-refractivity contribution is -0.303. The molecule has 1 N–H and O–H groups in total. The highest BCUT2D eigenvalue weighted by Gasteiger charge is 2.36. The first-order valence-electron chi connectivity index (χ1n) is 6.23. The molecule has 4 heteroatoms. The van der Waals surface area contributed by atoms with E-state index in [1.165, 1.54) is 0 Å². The summed E-state index contributed by atoms with van der Waals surface area (Å²) in [6.45, 7) is 3.90. The zero-order chi connectivity index (χ0) is 13.2. The molecule has 100 valence electrons. The van der Waals surface area contributed by atoms with E-state index in [0.717, 1.165) is 5.56 Å². The molecule has 1 aromatic rings. The lowest BCUT2D eigenvalue weighted by Gasteiger charge is -2.41. The second kappa shape index (κ2) is 5.57. The van der Waals surface area contributed by atoms with Crippen molar-refractivity contribution < 1.29 is 14.6 Å². The van der Waals surface area contributed by atoms with Crippen LogP contribution in [0.4, 0.5) is 0 Å². The molecule has 1 aromatic carbocycles. The molecule has 0 radical (unpaired) electrons. The maximum Gasteiger partial charge on any atom is 0.163 e. The fourth-order valence-corrected chi connectivity index (χ4v) is 2.61. The molecule has 3 nitrogen and oxygen atoms in total. The Balaban J connectivity index is 2.20. The third-order valence-corrected chi connectivity index (χ3v) is 3.40. The van der Waals surface area contributed by atoms with Crippen LogP contribution in [0, 0.1) is 0 Å². The summed E-state index contributed by atoms with van der Waals surface area (Å²) in [6.07, 6.45) is 1.25. The van der Waals surface area contributed by atoms with Crippen LogP contribution in [0.2, 0.25) is 5.02 Å². The summed E-state index contributed by atoms with van der Waals surface area (Å²) in [6, 6.07) is 7.70. The van der Waals surface area contributed by atoms with Crippen molar-refractivity contribution in [1.29, 1.82) is 0 Å². The number of hydrogen-bond acceptors (Lipinski definition) is 3. The van der Waals surface area contributed by atoms with Gasteiger partial charge in [-0.05, 0) is 31.9 Å². The van der Waals surface area contributed by atoms with Gasteiger partial charge in [-0.2, -0.15) is 0 Å². The predicted octanol–water partition coefficient (Wildman–Crippen LogP) is 3.31. The smallest absolute Gasteiger partial charge is 0.163 e. The average molecular weight is 271 g/mol. The van der Waals surface area contributed by atoms with E-state index in [0.29, 0.717) is 17.9 Å². The van der Waals surface area contributed by atoms with Gasteiger partial charge in [0.15, 0.2) is 5.79 Å². The third-order valence-electron chi connectivity index (χ3n) is 3.06. The molecule has 0 aliphatic carbocycles. The van der Waals surface area contributed by atoms with Crippen LogP contribution >= 0.6 is 11.6 Å². The molecular formula is C14H19ClO3. The summed E-state index contributed by atoms with van der Waals surface area (Å²) < 4.78 is 11.7. The molecule has 2 rings (SSSR count). The molecule has 0 bridgehead atoms. The first-order valence-corrected chi connectivity index (χ1v) is 6.60. The van der Waals surface area contributed by atoms with Crippen molar-refractivity contribution >= 4 is 11.6 Å². The van der Waals surface area contributed by atoms with Crippen LogP contribution in [0.3, 0.4) is 0 Å². The van der Waals surface area contributed by atoms with Gasteiger partial charge in [-0.15, -0.1) is 0 Å². The van der Waals surface area contributed by atoms with Crippen molar-refractivity contribution in [3.05, 3.63) is 34.9 Å². The molecule has 1 aliphatic rings. The van der Waals surface area contributed by atoms with Gasteiger partial charge in [0.1, 0.15) is 0 Å². The third kappa shape index (κ3) is 3.23. The van der Waals surface area contributed by atoms with Crippen molar-refractivity contribution in [2.24, 2.45) is 0 Å². The van der Waals surface area contributed by atoms with Crippen LogP contribution in [0.25, 0.3) is 0 Å². The van der Waals surface area contributed by atoms with Gasteiger partial charge in [0.05, 0.1) is 12.2 Å². The fourth-order valence-electron chi connectivity index (χ4n) is 2.35. The summed E-state index contributed by atoms with van der Waals surface area (Å²) in [5, 5.41) is 9.76. The molecule has 0 saturated carbocycles. The van der Waals surface area contributed by atoms with Crippen LogP contribution < -0.4 is 0 Å². The number of aliphatic hydroxyl groups is 1. The van der Waals surface area contributed by atoms with Crippen molar-refractivity contribution in [1.82, 2.24) is 0 Å². The van der Waals surface area contributed by atoms with Gasteiger partial charge in [-0.3, -0.25) is 0 Å². The zero-order valence-corrected chi connectivity index (χ0v) is 11.5. The molecule has 1 heterocycles. The number of hydrogen-bond donors (Lipinski definition) is 1. The first-order chi connectivity index (χ1) is 8.52. The minimum Gasteiger partial charge on any atom is -0.396 e. The highest BCUT2D eigenvalue weighted by atomic mass is 35.5. The summed E-state index contributed by atoms with van der Waals surface area (Å²) in [7, 11) is 0. The van der Waals surface area contributed by atoms with E-state index in [2.05, 4.69) is 0 Å². The summed E-state index contributed by atoms with van der Waals surface area (Å²) in [5.41, 5.74) is 0.985. The van der Waals surface area contributed by atoms with Crippen molar-refractivity contribution in [3.8, 4) is 0 Å². The second-order valence-corrected chi connectivity index (χ2v) is 5.42. The number of halogens is 1. The molecule has 0 unspecified atom stereocenters. The van der Waals surface area contributed by atoms with Gasteiger partial charge in [0, 0.05) is 18.1 Å². The Morgan fingerprint density at radius 2 is 2.06 bits per heavy atom. The lowest BCUT2D eigenvalue weighted by atomic mass is 9.99. The van der Waals surface area contributed by atoms with Gasteiger partial charge in [0.2, 0.25) is 0 Å². The zero-order valence-electron chi connectivity index (χ0n) is 10.7. The Kier molecular flexibility index (Phi) is 4.28. The van der Waals surface area contributed by atoms with E-state index in [9.17, 15) is 0 Å². The van der Waals surface area contributed by atoms with Gasteiger partial charge in [-0.1, -0.05) is 29.8 Å². The van der Waals surface area contributed by atoms with Crippen LogP contribution in [0.15, 0.2) is 24.3 Å². The van der Waals surface area contributed by atoms with E-state index in [4.69, 9.17) is 26.2 Å². The molecular weight excluding hydrogens is 252 g/mol. The number of aliphatic hydroxyl groups excluding tert-OH is 1. The van der Waals surface area contributed by atoms with E-state index in [-0.39, 0.29) is 18.8 Å². The monoisotopic (exact) mass is 270 g/mol. The maximum absolute atomic E-state index is 9.05. The highest BCUT2D eigenvalue weighted by Crippen LogP contribution is 2.39. The largest absolute Gasteiger partial charge is 0.396 e. The Labute approximate surface area is 113 Å². The lowest BCUT2D eigenvalue weighted by Crippen LogP contribution is -2.41. The normalized spacial score (nSPS) is 27.1. The quantitative estimate of drug-likeness (QED) is 0.916. The predicted molar refractivity (Wildman–Crippen MR) is 70.5 cm³/mol.